The maximum absolute atomic E-state index is 13.5. The van der Waals surface area contributed by atoms with Gasteiger partial charge >= 0.3 is 0 Å². The summed E-state index contributed by atoms with van der Waals surface area (Å²) in [6.07, 6.45) is 1.09. The van der Waals surface area contributed by atoms with Crippen LogP contribution in [0.25, 0.3) is 0 Å². The minimum atomic E-state index is -1.03. The minimum Gasteiger partial charge on any atom is -0.391 e. The third-order valence-corrected chi connectivity index (χ3v) is 7.37. The molecule has 244 valence electrons. The van der Waals surface area contributed by atoms with Gasteiger partial charge in [0.1, 0.15) is 12.1 Å². The fraction of sp³-hybridized carbons (Fsp3) is 0.706. The summed E-state index contributed by atoms with van der Waals surface area (Å²) in [5.74, 6) is -1.15. The number of amides is 4. The smallest absolute Gasteiger partial charge is 0.243 e. The van der Waals surface area contributed by atoms with Gasteiger partial charge in [0.2, 0.25) is 23.6 Å². The number of carbonyl (C=O) groups is 4. The van der Waals surface area contributed by atoms with E-state index < -0.39 is 30.1 Å². The largest absolute Gasteiger partial charge is 0.391 e. The summed E-state index contributed by atoms with van der Waals surface area (Å²) in [6, 6.07) is 7.44. The van der Waals surface area contributed by atoms with Crippen LogP contribution in [0.2, 0.25) is 0 Å². The number of aliphatic hydroxyl groups is 1. The Morgan fingerprint density at radius 2 is 1.35 bits per heavy atom. The maximum atomic E-state index is 13.5. The predicted molar refractivity (Wildman–Crippen MR) is 172 cm³/mol. The molecule has 0 saturated carbocycles. The monoisotopic (exact) mass is 602 g/mol. The molecule has 3 unspecified atom stereocenters. The van der Waals surface area contributed by atoms with Crippen LogP contribution in [0.5, 0.6) is 0 Å². The topological polar surface area (TPSA) is 137 Å². The second-order valence-electron chi connectivity index (χ2n) is 13.5. The number of nitrogens with one attached hydrogen (secondary N) is 4. The number of benzene rings is 1. The predicted octanol–water partition coefficient (Wildman–Crippen LogP) is 3.98. The van der Waals surface area contributed by atoms with E-state index in [1.165, 1.54) is 0 Å². The summed E-state index contributed by atoms with van der Waals surface area (Å²) in [6.45, 7) is 18.0. The van der Waals surface area contributed by atoms with Crippen molar-refractivity contribution in [1.29, 1.82) is 0 Å². The first-order valence-electron chi connectivity index (χ1n) is 16.0. The number of carbonyl (C=O) groups excluding carboxylic acids is 4. The molecule has 0 saturated heterocycles. The third-order valence-electron chi connectivity index (χ3n) is 7.37. The Hall–Kier alpha value is -2.94. The summed E-state index contributed by atoms with van der Waals surface area (Å²) in [7, 11) is 0. The van der Waals surface area contributed by atoms with E-state index in [9.17, 15) is 24.3 Å². The van der Waals surface area contributed by atoms with Gasteiger partial charge in [0.25, 0.3) is 0 Å². The SMILES string of the molecule is CC(C)CCNC(=O)C(C)NC(=O)C(Cc1ccccc1)C[C@H](O)[C@H](CC(C)C)NC(=O)C(NC(=O)CC(C)C)C(C)C. The normalized spacial score (nSPS) is 15.1. The lowest BCUT2D eigenvalue weighted by molar-refractivity contribution is -0.132. The highest BCUT2D eigenvalue weighted by molar-refractivity contribution is 5.89. The molecule has 43 heavy (non-hydrogen) atoms. The van der Waals surface area contributed by atoms with Gasteiger partial charge in [-0.05, 0) is 61.8 Å². The van der Waals surface area contributed by atoms with Crippen LogP contribution in [0.1, 0.15) is 93.6 Å². The Kier molecular flexibility index (Phi) is 17.1. The molecule has 5 N–H and O–H groups in total. The fourth-order valence-electron chi connectivity index (χ4n) is 4.90. The van der Waals surface area contributed by atoms with Crippen molar-refractivity contribution in [3.63, 3.8) is 0 Å². The summed E-state index contributed by atoms with van der Waals surface area (Å²) in [4.78, 5) is 52.0. The lowest BCUT2D eigenvalue weighted by atomic mass is 9.87. The highest BCUT2D eigenvalue weighted by Gasteiger charge is 2.33. The zero-order valence-electron chi connectivity index (χ0n) is 27.9. The molecule has 0 aromatic heterocycles. The molecule has 1 aromatic rings. The van der Waals surface area contributed by atoms with E-state index >= 15 is 0 Å². The van der Waals surface area contributed by atoms with Crippen molar-refractivity contribution in [2.24, 2.45) is 29.6 Å². The van der Waals surface area contributed by atoms with Crippen LogP contribution >= 0.6 is 0 Å². The number of aliphatic hydroxyl groups excluding tert-OH is 1. The third kappa shape index (κ3) is 15.4. The summed E-state index contributed by atoms with van der Waals surface area (Å²) in [5, 5.41) is 23.0. The molecule has 0 fully saturated rings. The van der Waals surface area contributed by atoms with Crippen molar-refractivity contribution < 1.29 is 24.3 Å². The van der Waals surface area contributed by atoms with Gasteiger partial charge in [0.05, 0.1) is 12.1 Å². The van der Waals surface area contributed by atoms with E-state index in [0.29, 0.717) is 31.7 Å². The van der Waals surface area contributed by atoms with Crippen molar-refractivity contribution in [3.05, 3.63) is 35.9 Å². The van der Waals surface area contributed by atoms with E-state index in [0.717, 1.165) is 12.0 Å². The second-order valence-corrected chi connectivity index (χ2v) is 13.5. The van der Waals surface area contributed by atoms with E-state index in [1.54, 1.807) is 6.92 Å². The summed E-state index contributed by atoms with van der Waals surface area (Å²) >= 11 is 0. The molecule has 0 radical (unpaired) electrons. The van der Waals surface area contributed by atoms with Crippen molar-refractivity contribution in [2.75, 3.05) is 6.54 Å². The maximum Gasteiger partial charge on any atom is 0.243 e. The Balaban J connectivity index is 3.10. The summed E-state index contributed by atoms with van der Waals surface area (Å²) < 4.78 is 0. The molecule has 9 heteroatoms. The van der Waals surface area contributed by atoms with Crippen LogP contribution in [-0.4, -0.2) is 59.5 Å². The lowest BCUT2D eigenvalue weighted by Crippen LogP contribution is -2.55. The molecule has 1 aromatic carbocycles. The average molecular weight is 603 g/mol. The molecule has 0 aliphatic rings. The van der Waals surface area contributed by atoms with Gasteiger partial charge < -0.3 is 26.4 Å². The standard InChI is InChI=1S/C34H58N4O5/c1-21(2)15-16-35-32(41)25(9)36-33(42)27(19-26-13-11-10-12-14-26)20-29(39)28(17-22(3)4)37-34(43)31(24(7)8)38-30(40)18-23(5)6/h10-14,21-25,27-29,31,39H,15-20H2,1-9H3,(H,35,41)(H,36,42)(H,37,43)(H,38,40)/t25?,27?,28-,29-,31?/m0/s1. The first-order chi connectivity index (χ1) is 20.1. The first-order valence-corrected chi connectivity index (χ1v) is 16.0. The number of rotatable bonds is 19. The molecule has 5 atom stereocenters. The molecule has 0 aliphatic heterocycles. The zero-order valence-corrected chi connectivity index (χ0v) is 27.9. The minimum absolute atomic E-state index is 0.0894. The molecule has 0 aliphatic carbocycles. The van der Waals surface area contributed by atoms with Crippen molar-refractivity contribution in [3.8, 4) is 0 Å². The molecule has 0 spiro atoms. The molecule has 1 rings (SSSR count). The highest BCUT2D eigenvalue weighted by atomic mass is 16.3. The van der Waals surface area contributed by atoms with E-state index in [4.69, 9.17) is 0 Å². The number of hydrogen-bond donors (Lipinski definition) is 5. The Morgan fingerprint density at radius 3 is 1.88 bits per heavy atom. The van der Waals surface area contributed by atoms with Crippen molar-refractivity contribution in [2.45, 2.75) is 119 Å². The summed E-state index contributed by atoms with van der Waals surface area (Å²) in [5.41, 5.74) is 0.932. The van der Waals surface area contributed by atoms with Crippen LogP contribution < -0.4 is 21.3 Å². The van der Waals surface area contributed by atoms with Crippen molar-refractivity contribution in [1.82, 2.24) is 21.3 Å². The van der Waals surface area contributed by atoms with Gasteiger partial charge in [0.15, 0.2) is 0 Å². The fourth-order valence-corrected chi connectivity index (χ4v) is 4.90. The molecule has 0 heterocycles. The van der Waals surface area contributed by atoms with Crippen LogP contribution in [-0.2, 0) is 25.6 Å². The van der Waals surface area contributed by atoms with E-state index in [2.05, 4.69) is 35.1 Å². The van der Waals surface area contributed by atoms with Gasteiger partial charge in [-0.1, -0.05) is 85.7 Å². The van der Waals surface area contributed by atoms with Gasteiger partial charge in [-0.3, -0.25) is 19.2 Å². The van der Waals surface area contributed by atoms with Crippen LogP contribution in [0.15, 0.2) is 30.3 Å². The second kappa shape index (κ2) is 19.4. The quantitative estimate of drug-likeness (QED) is 0.163. The molecule has 0 bridgehead atoms. The van der Waals surface area contributed by atoms with Crippen LogP contribution in [0.4, 0.5) is 0 Å². The van der Waals surface area contributed by atoms with E-state index in [1.807, 2.05) is 71.9 Å². The highest BCUT2D eigenvalue weighted by Crippen LogP contribution is 2.20. The van der Waals surface area contributed by atoms with E-state index in [-0.39, 0.29) is 47.8 Å². The average Bonchev–Trinajstić information content (AvgIpc) is 2.90. The molecular weight excluding hydrogens is 544 g/mol. The number of hydrogen-bond acceptors (Lipinski definition) is 5. The van der Waals surface area contributed by atoms with Gasteiger partial charge in [-0.2, -0.15) is 0 Å². The first kappa shape index (κ1) is 38.1. The van der Waals surface area contributed by atoms with Gasteiger partial charge in [-0.15, -0.1) is 0 Å². The molecule has 9 nitrogen and oxygen atoms in total. The molecular formula is C34H58N4O5. The van der Waals surface area contributed by atoms with Gasteiger partial charge in [0, 0.05) is 18.9 Å². The zero-order chi connectivity index (χ0) is 32.7. The Labute approximate surface area is 259 Å². The van der Waals surface area contributed by atoms with Crippen LogP contribution in [0, 0.1) is 29.6 Å². The van der Waals surface area contributed by atoms with Crippen molar-refractivity contribution >= 4 is 23.6 Å². The Morgan fingerprint density at radius 1 is 0.721 bits per heavy atom. The lowest BCUT2D eigenvalue weighted by Gasteiger charge is -2.31. The van der Waals surface area contributed by atoms with Gasteiger partial charge in [-0.25, -0.2) is 0 Å². The molecule has 4 amide bonds. The van der Waals surface area contributed by atoms with Crippen LogP contribution in [0.3, 0.4) is 0 Å². The Bertz CT molecular complexity index is 996.